The molecule has 1 saturated heterocycles. The van der Waals surface area contributed by atoms with Crippen molar-refractivity contribution in [2.24, 2.45) is 0 Å². The maximum absolute atomic E-state index is 10.2. The van der Waals surface area contributed by atoms with Gasteiger partial charge >= 0.3 is 0 Å². The van der Waals surface area contributed by atoms with Crippen LogP contribution in [0.15, 0.2) is 24.5 Å². The summed E-state index contributed by atoms with van der Waals surface area (Å²) in [7, 11) is 0. The first kappa shape index (κ1) is 16.4. The summed E-state index contributed by atoms with van der Waals surface area (Å²) in [5.74, 6) is 0. The third-order valence-electron chi connectivity index (χ3n) is 4.87. The first-order chi connectivity index (χ1) is 11.9. The third kappa shape index (κ3) is 3.37. The van der Waals surface area contributed by atoms with Gasteiger partial charge in [0.2, 0.25) is 0 Å². The van der Waals surface area contributed by atoms with Gasteiger partial charge in [-0.1, -0.05) is 11.6 Å². The van der Waals surface area contributed by atoms with E-state index >= 15 is 0 Å². The molecule has 2 heterocycles. The molecule has 1 aliphatic heterocycles. The Bertz CT molecular complexity index is 812. The summed E-state index contributed by atoms with van der Waals surface area (Å²) >= 11 is 6.44. The van der Waals surface area contributed by atoms with Crippen LogP contribution in [0.5, 0.6) is 0 Å². The van der Waals surface area contributed by atoms with E-state index in [0.29, 0.717) is 24.0 Å². The second-order valence-corrected chi connectivity index (χ2v) is 7.68. The summed E-state index contributed by atoms with van der Waals surface area (Å²) in [6.45, 7) is 3.16. The molecular weight excluding hydrogens is 338 g/mol. The van der Waals surface area contributed by atoms with Gasteiger partial charge in [0.25, 0.3) is 0 Å². The zero-order valence-electron chi connectivity index (χ0n) is 14.2. The van der Waals surface area contributed by atoms with Crippen LogP contribution < -0.4 is 10.2 Å². The van der Waals surface area contributed by atoms with Crippen molar-refractivity contribution in [1.29, 1.82) is 5.41 Å². The first-order valence-electron chi connectivity index (χ1n) is 8.58. The highest BCUT2D eigenvalue weighted by Crippen LogP contribution is 2.37. The molecule has 2 aliphatic rings. The third-order valence-corrected chi connectivity index (χ3v) is 5.17. The second kappa shape index (κ2) is 6.04. The Morgan fingerprint density at radius 1 is 1.44 bits per heavy atom. The molecule has 1 aliphatic carbocycles. The van der Waals surface area contributed by atoms with Gasteiger partial charge in [0.05, 0.1) is 34.2 Å². The molecule has 1 atom stereocenters. The number of hydrogen-bond acceptors (Lipinski definition) is 5. The number of halogens is 1. The molecule has 4 rings (SSSR count). The van der Waals surface area contributed by atoms with Crippen LogP contribution in [-0.4, -0.2) is 39.8 Å². The average Bonchev–Trinajstić information content (AvgIpc) is 3.22. The van der Waals surface area contributed by atoms with Crippen molar-refractivity contribution in [3.63, 3.8) is 0 Å². The first-order valence-corrected chi connectivity index (χ1v) is 8.95. The molecule has 0 amide bonds. The molecule has 2 fully saturated rings. The highest BCUT2D eigenvalue weighted by Gasteiger charge is 2.32. The van der Waals surface area contributed by atoms with Crippen LogP contribution in [0.3, 0.4) is 0 Å². The SMILES string of the molecule is CC1(O)CCN(c2cc(Nc3cnn(C4CC4)c3)c(C=N)cc2Cl)C1. The Morgan fingerprint density at radius 3 is 2.88 bits per heavy atom. The molecule has 2 aromatic rings. The minimum absolute atomic E-state index is 0.533. The van der Waals surface area contributed by atoms with Crippen LogP contribution in [0.4, 0.5) is 17.1 Å². The average molecular weight is 360 g/mol. The zero-order valence-corrected chi connectivity index (χ0v) is 14.9. The lowest BCUT2D eigenvalue weighted by atomic mass is 10.1. The van der Waals surface area contributed by atoms with Crippen molar-refractivity contribution in [3.05, 3.63) is 35.1 Å². The van der Waals surface area contributed by atoms with E-state index in [2.05, 4.69) is 15.3 Å². The number of benzene rings is 1. The lowest BCUT2D eigenvalue weighted by molar-refractivity contribution is 0.0839. The molecule has 1 unspecified atom stereocenters. The van der Waals surface area contributed by atoms with Gasteiger partial charge < -0.3 is 20.7 Å². The van der Waals surface area contributed by atoms with Gasteiger partial charge in [0, 0.05) is 36.8 Å². The lowest BCUT2D eigenvalue weighted by Gasteiger charge is -2.23. The van der Waals surface area contributed by atoms with Crippen molar-refractivity contribution < 1.29 is 5.11 Å². The van der Waals surface area contributed by atoms with Crippen LogP contribution in [0.1, 0.15) is 37.8 Å². The van der Waals surface area contributed by atoms with Crippen molar-refractivity contribution in [3.8, 4) is 0 Å². The topological polar surface area (TPSA) is 77.2 Å². The molecule has 6 nitrogen and oxygen atoms in total. The molecule has 132 valence electrons. The number of nitrogens with one attached hydrogen (secondary N) is 2. The Hall–Kier alpha value is -2.05. The Morgan fingerprint density at radius 2 is 2.24 bits per heavy atom. The molecule has 3 N–H and O–H groups in total. The van der Waals surface area contributed by atoms with Gasteiger partial charge in [-0.3, -0.25) is 4.68 Å². The molecule has 1 saturated carbocycles. The largest absolute Gasteiger partial charge is 0.388 e. The predicted octanol–water partition coefficient (Wildman–Crippen LogP) is 3.57. The lowest BCUT2D eigenvalue weighted by Crippen LogP contribution is -2.29. The van der Waals surface area contributed by atoms with E-state index in [1.807, 2.05) is 23.9 Å². The summed E-state index contributed by atoms with van der Waals surface area (Å²) in [4.78, 5) is 2.09. The minimum Gasteiger partial charge on any atom is -0.388 e. The number of aliphatic hydroxyl groups is 1. The van der Waals surface area contributed by atoms with Crippen LogP contribution >= 0.6 is 11.6 Å². The summed E-state index contributed by atoms with van der Waals surface area (Å²) < 4.78 is 1.99. The standard InChI is InChI=1S/C18H22ClN5O/c1-18(25)4-5-23(11-18)17-7-16(12(8-20)6-15(17)19)22-13-9-21-24(10-13)14-2-3-14/h6-10,14,20,22,25H,2-5,11H2,1H3. The highest BCUT2D eigenvalue weighted by molar-refractivity contribution is 6.33. The van der Waals surface area contributed by atoms with Crippen molar-refractivity contribution in [2.45, 2.75) is 37.8 Å². The molecule has 1 aromatic carbocycles. The number of nitrogens with zero attached hydrogens (tertiary/aromatic N) is 3. The summed E-state index contributed by atoms with van der Waals surface area (Å²) in [6, 6.07) is 4.29. The molecule has 0 spiro atoms. The fourth-order valence-corrected chi connectivity index (χ4v) is 3.59. The maximum atomic E-state index is 10.2. The number of rotatable bonds is 5. The molecule has 0 radical (unpaired) electrons. The maximum Gasteiger partial charge on any atom is 0.0810 e. The van der Waals surface area contributed by atoms with Gasteiger partial charge in [-0.05, 0) is 38.3 Å². The van der Waals surface area contributed by atoms with Crippen LogP contribution in [0, 0.1) is 5.41 Å². The minimum atomic E-state index is -0.692. The summed E-state index contributed by atoms with van der Waals surface area (Å²) in [5, 5.41) is 26.3. The number of β-amino-alcohol motifs (C(OH)–C–C–N with tert-alkyl or cyclic N) is 1. The van der Waals surface area contributed by atoms with Crippen LogP contribution in [0.2, 0.25) is 5.02 Å². The Kier molecular flexibility index (Phi) is 3.96. The normalized spacial score (nSPS) is 23.1. The van der Waals surface area contributed by atoms with Gasteiger partial charge in [0.15, 0.2) is 0 Å². The Balaban J connectivity index is 1.63. The molecule has 1 aromatic heterocycles. The van der Waals surface area contributed by atoms with E-state index in [1.54, 1.807) is 12.3 Å². The smallest absolute Gasteiger partial charge is 0.0810 e. The highest BCUT2D eigenvalue weighted by atomic mass is 35.5. The van der Waals surface area contributed by atoms with Gasteiger partial charge in [0.1, 0.15) is 0 Å². The van der Waals surface area contributed by atoms with Crippen LogP contribution in [0.25, 0.3) is 0 Å². The number of anilines is 3. The zero-order chi connectivity index (χ0) is 17.6. The van der Waals surface area contributed by atoms with Gasteiger partial charge in [-0.2, -0.15) is 5.10 Å². The van der Waals surface area contributed by atoms with Gasteiger partial charge in [-0.25, -0.2) is 0 Å². The monoisotopic (exact) mass is 359 g/mol. The predicted molar refractivity (Wildman–Crippen MR) is 101 cm³/mol. The fourth-order valence-electron chi connectivity index (χ4n) is 3.29. The fraction of sp³-hybridized carbons (Fsp3) is 0.444. The van der Waals surface area contributed by atoms with Crippen molar-refractivity contribution in [1.82, 2.24) is 9.78 Å². The quantitative estimate of drug-likeness (QED) is 0.713. The number of hydrogen-bond donors (Lipinski definition) is 3. The van der Waals surface area contributed by atoms with Gasteiger partial charge in [-0.15, -0.1) is 0 Å². The summed E-state index contributed by atoms with van der Waals surface area (Å²) in [6.07, 6.45) is 8.19. The second-order valence-electron chi connectivity index (χ2n) is 7.27. The van der Waals surface area contributed by atoms with E-state index in [-0.39, 0.29) is 0 Å². The van der Waals surface area contributed by atoms with E-state index in [4.69, 9.17) is 17.0 Å². The van der Waals surface area contributed by atoms with Crippen molar-refractivity contribution >= 4 is 34.9 Å². The molecule has 7 heteroatoms. The van der Waals surface area contributed by atoms with Crippen LogP contribution in [-0.2, 0) is 0 Å². The van der Waals surface area contributed by atoms with E-state index in [1.165, 1.54) is 19.1 Å². The Labute approximate surface area is 151 Å². The van der Waals surface area contributed by atoms with Crippen molar-refractivity contribution in [2.75, 3.05) is 23.3 Å². The van der Waals surface area contributed by atoms with E-state index in [0.717, 1.165) is 29.2 Å². The van der Waals surface area contributed by atoms with E-state index < -0.39 is 5.60 Å². The van der Waals surface area contributed by atoms with E-state index in [9.17, 15) is 5.11 Å². The summed E-state index contributed by atoms with van der Waals surface area (Å²) in [5.41, 5.74) is 2.62. The molecule has 25 heavy (non-hydrogen) atoms. The molecular formula is C18H22ClN5O. The molecule has 0 bridgehead atoms. The number of aromatic nitrogens is 2.